The van der Waals surface area contributed by atoms with Crippen LogP contribution >= 0.6 is 11.8 Å². The Morgan fingerprint density at radius 2 is 2.07 bits per heavy atom. The third kappa shape index (κ3) is 1.54. The number of nitrogens with two attached hydrogens (primary N) is 1. The van der Waals surface area contributed by atoms with Crippen molar-refractivity contribution in [2.24, 2.45) is 5.73 Å². The summed E-state index contributed by atoms with van der Waals surface area (Å²) < 4.78 is 5.55. The number of hydrogen-bond donors (Lipinski definition) is 1. The van der Waals surface area contributed by atoms with Crippen molar-refractivity contribution in [2.75, 3.05) is 5.94 Å². The summed E-state index contributed by atoms with van der Waals surface area (Å²) in [5, 5.41) is 0. The van der Waals surface area contributed by atoms with E-state index in [1.165, 1.54) is 23.3 Å². The lowest BCUT2D eigenvalue weighted by Gasteiger charge is -2.24. The van der Waals surface area contributed by atoms with Crippen LogP contribution in [0.4, 0.5) is 0 Å². The third-order valence-corrected chi connectivity index (χ3v) is 4.33. The van der Waals surface area contributed by atoms with Gasteiger partial charge in [0.25, 0.3) is 0 Å². The molecule has 0 saturated heterocycles. The van der Waals surface area contributed by atoms with E-state index in [4.69, 9.17) is 10.5 Å². The van der Waals surface area contributed by atoms with Crippen LogP contribution in [0.2, 0.25) is 0 Å². The fraction of sp³-hybridized carbons (Fsp3) is 0.500. The van der Waals surface area contributed by atoms with E-state index in [-0.39, 0.29) is 5.54 Å². The molecule has 0 spiro atoms. The summed E-state index contributed by atoms with van der Waals surface area (Å²) in [6.45, 7) is 0. The molecule has 3 rings (SSSR count). The fourth-order valence-electron chi connectivity index (χ4n) is 2.50. The van der Waals surface area contributed by atoms with Gasteiger partial charge in [0, 0.05) is 5.54 Å². The van der Waals surface area contributed by atoms with Crippen molar-refractivity contribution in [2.45, 2.75) is 36.1 Å². The first-order valence-corrected chi connectivity index (χ1v) is 6.46. The summed E-state index contributed by atoms with van der Waals surface area (Å²) in [7, 11) is 0. The van der Waals surface area contributed by atoms with Crippen molar-refractivity contribution in [1.82, 2.24) is 0 Å². The lowest BCUT2D eigenvalue weighted by atomic mass is 9.89. The average molecular weight is 221 g/mol. The van der Waals surface area contributed by atoms with E-state index in [1.807, 2.05) is 0 Å². The molecular weight excluding hydrogens is 206 g/mol. The summed E-state index contributed by atoms with van der Waals surface area (Å²) in [5.74, 6) is 1.77. The Kier molecular flexibility index (Phi) is 2.18. The molecule has 3 heteroatoms. The van der Waals surface area contributed by atoms with Gasteiger partial charge in [-0.05, 0) is 30.5 Å². The Labute approximate surface area is 94.2 Å². The van der Waals surface area contributed by atoms with E-state index < -0.39 is 0 Å². The van der Waals surface area contributed by atoms with Crippen LogP contribution in [0.3, 0.4) is 0 Å². The van der Waals surface area contributed by atoms with E-state index in [9.17, 15) is 0 Å². The highest BCUT2D eigenvalue weighted by Gasteiger charge is 2.32. The minimum Gasteiger partial charge on any atom is -0.481 e. The van der Waals surface area contributed by atoms with Crippen molar-refractivity contribution in [1.29, 1.82) is 0 Å². The molecule has 2 N–H and O–H groups in total. The Morgan fingerprint density at radius 3 is 2.87 bits per heavy atom. The second-order valence-electron chi connectivity index (χ2n) is 4.43. The van der Waals surface area contributed by atoms with Crippen molar-refractivity contribution in [3.8, 4) is 5.75 Å². The SMILES string of the molecule is NC1(c2ccc3c(c2)OCS3)CCCC1. The van der Waals surface area contributed by atoms with Gasteiger partial charge in [-0.15, -0.1) is 0 Å². The summed E-state index contributed by atoms with van der Waals surface area (Å²) in [4.78, 5) is 1.25. The zero-order chi connectivity index (χ0) is 10.3. The van der Waals surface area contributed by atoms with E-state index in [1.54, 1.807) is 11.8 Å². The highest BCUT2D eigenvalue weighted by atomic mass is 32.2. The zero-order valence-electron chi connectivity index (χ0n) is 8.66. The molecule has 0 unspecified atom stereocenters. The quantitative estimate of drug-likeness (QED) is 0.792. The van der Waals surface area contributed by atoms with Gasteiger partial charge in [-0.1, -0.05) is 30.7 Å². The van der Waals surface area contributed by atoms with Crippen molar-refractivity contribution in [3.63, 3.8) is 0 Å². The topological polar surface area (TPSA) is 35.2 Å². The lowest BCUT2D eigenvalue weighted by Crippen LogP contribution is -2.32. The number of thioether (sulfide) groups is 1. The molecule has 1 saturated carbocycles. The number of fused-ring (bicyclic) bond motifs is 1. The number of benzene rings is 1. The van der Waals surface area contributed by atoms with Crippen LogP contribution in [0, 0.1) is 0 Å². The van der Waals surface area contributed by atoms with Crippen LogP contribution in [-0.4, -0.2) is 5.94 Å². The molecule has 1 fully saturated rings. The molecule has 2 nitrogen and oxygen atoms in total. The highest BCUT2D eigenvalue weighted by Crippen LogP contribution is 2.42. The van der Waals surface area contributed by atoms with Crippen LogP contribution in [0.25, 0.3) is 0 Å². The smallest absolute Gasteiger partial charge is 0.138 e. The minimum atomic E-state index is -0.0916. The van der Waals surface area contributed by atoms with Gasteiger partial charge >= 0.3 is 0 Å². The van der Waals surface area contributed by atoms with Crippen LogP contribution in [-0.2, 0) is 5.54 Å². The molecule has 1 aliphatic heterocycles. The first-order chi connectivity index (χ1) is 7.28. The molecule has 0 aromatic heterocycles. The van der Waals surface area contributed by atoms with Crippen LogP contribution in [0.1, 0.15) is 31.2 Å². The lowest BCUT2D eigenvalue weighted by molar-refractivity contribution is 0.393. The standard InChI is InChI=1S/C12H15NOS/c13-12(5-1-2-6-12)9-3-4-11-10(7-9)14-8-15-11/h3-4,7H,1-2,5-6,8,13H2. The molecule has 1 aromatic carbocycles. The monoisotopic (exact) mass is 221 g/mol. The second kappa shape index (κ2) is 3.42. The maximum Gasteiger partial charge on any atom is 0.138 e. The van der Waals surface area contributed by atoms with Crippen LogP contribution in [0.5, 0.6) is 5.75 Å². The van der Waals surface area contributed by atoms with Gasteiger partial charge in [0.15, 0.2) is 0 Å². The van der Waals surface area contributed by atoms with Gasteiger partial charge in [0.2, 0.25) is 0 Å². The van der Waals surface area contributed by atoms with Crippen molar-refractivity contribution < 1.29 is 4.74 Å². The summed E-state index contributed by atoms with van der Waals surface area (Å²) in [6.07, 6.45) is 4.73. The largest absolute Gasteiger partial charge is 0.481 e. The van der Waals surface area contributed by atoms with Crippen LogP contribution in [0.15, 0.2) is 23.1 Å². The van der Waals surface area contributed by atoms with E-state index in [0.29, 0.717) is 0 Å². The van der Waals surface area contributed by atoms with Crippen molar-refractivity contribution in [3.05, 3.63) is 23.8 Å². The zero-order valence-corrected chi connectivity index (χ0v) is 9.48. The van der Waals surface area contributed by atoms with E-state index >= 15 is 0 Å². The van der Waals surface area contributed by atoms with Gasteiger partial charge in [-0.3, -0.25) is 0 Å². The third-order valence-electron chi connectivity index (χ3n) is 3.44. The molecule has 15 heavy (non-hydrogen) atoms. The first kappa shape index (κ1) is 9.55. The summed E-state index contributed by atoms with van der Waals surface area (Å²) >= 11 is 1.75. The maximum absolute atomic E-state index is 6.41. The average Bonchev–Trinajstić information content (AvgIpc) is 2.85. The summed E-state index contributed by atoms with van der Waals surface area (Å²) in [6, 6.07) is 6.46. The Hall–Kier alpha value is -0.670. The molecule has 80 valence electrons. The van der Waals surface area contributed by atoms with Gasteiger partial charge in [0.05, 0.1) is 4.90 Å². The van der Waals surface area contributed by atoms with E-state index in [2.05, 4.69) is 18.2 Å². The molecule has 0 radical (unpaired) electrons. The van der Waals surface area contributed by atoms with Gasteiger partial charge in [-0.25, -0.2) is 0 Å². The molecule has 1 aromatic rings. The van der Waals surface area contributed by atoms with Gasteiger partial charge in [-0.2, -0.15) is 0 Å². The first-order valence-electron chi connectivity index (χ1n) is 5.47. The molecule has 0 bridgehead atoms. The van der Waals surface area contributed by atoms with Gasteiger partial charge < -0.3 is 10.5 Å². The maximum atomic E-state index is 6.41. The fourth-order valence-corrected chi connectivity index (χ4v) is 3.24. The van der Waals surface area contributed by atoms with Gasteiger partial charge in [0.1, 0.15) is 11.7 Å². The molecule has 1 heterocycles. The number of ether oxygens (including phenoxy) is 1. The van der Waals surface area contributed by atoms with Crippen molar-refractivity contribution >= 4 is 11.8 Å². The highest BCUT2D eigenvalue weighted by molar-refractivity contribution is 7.99. The number of rotatable bonds is 1. The molecule has 0 amide bonds. The second-order valence-corrected chi connectivity index (χ2v) is 5.40. The minimum absolute atomic E-state index is 0.0916. The Morgan fingerprint density at radius 1 is 1.27 bits per heavy atom. The summed E-state index contributed by atoms with van der Waals surface area (Å²) in [5.41, 5.74) is 7.57. The predicted molar refractivity (Wildman–Crippen MR) is 62.1 cm³/mol. The Balaban J connectivity index is 1.98. The molecule has 1 aliphatic carbocycles. The Bertz CT molecular complexity index is 385. The molecular formula is C12H15NOS. The normalized spacial score (nSPS) is 22.5. The number of hydrogen-bond acceptors (Lipinski definition) is 3. The molecule has 2 aliphatic rings. The molecule has 0 atom stereocenters. The predicted octanol–water partition coefficient (Wildman–Crippen LogP) is 2.86. The van der Waals surface area contributed by atoms with Crippen LogP contribution < -0.4 is 10.5 Å². The van der Waals surface area contributed by atoms with E-state index in [0.717, 1.165) is 24.5 Å².